The van der Waals surface area contributed by atoms with Gasteiger partial charge in [-0.25, -0.2) is 0 Å². The molecule has 2 atom stereocenters. The Morgan fingerprint density at radius 1 is 1.67 bits per heavy atom. The minimum Gasteiger partial charge on any atom is -0.376 e. The number of hydrogen-bond acceptors (Lipinski definition) is 2. The molecule has 0 radical (unpaired) electrons. The van der Waals surface area contributed by atoms with Crippen molar-refractivity contribution in [3.8, 4) is 0 Å². The van der Waals surface area contributed by atoms with E-state index in [1.54, 1.807) is 0 Å². The van der Waals surface area contributed by atoms with Crippen LogP contribution in [-0.2, 0) is 11.3 Å². The van der Waals surface area contributed by atoms with Crippen LogP contribution in [0.15, 0.2) is 16.7 Å². The highest BCUT2D eigenvalue weighted by Gasteiger charge is 2.26. The van der Waals surface area contributed by atoms with E-state index in [4.69, 9.17) is 4.74 Å². The average Bonchev–Trinajstić information content (AvgIpc) is 2.87. The molecule has 1 aliphatic rings. The van der Waals surface area contributed by atoms with Gasteiger partial charge in [-0.3, -0.25) is 4.79 Å². The van der Waals surface area contributed by atoms with Crippen LogP contribution >= 0.6 is 15.9 Å². The number of carbonyl (C=O) groups excluding carboxylic acids is 1. The van der Waals surface area contributed by atoms with Crippen LogP contribution in [0.25, 0.3) is 0 Å². The Morgan fingerprint density at radius 2 is 2.44 bits per heavy atom. The van der Waals surface area contributed by atoms with E-state index < -0.39 is 0 Å². The van der Waals surface area contributed by atoms with Gasteiger partial charge < -0.3 is 14.6 Å². The molecule has 1 aromatic heterocycles. The Morgan fingerprint density at radius 3 is 3.06 bits per heavy atom. The van der Waals surface area contributed by atoms with Crippen molar-refractivity contribution < 1.29 is 9.53 Å². The lowest BCUT2D eigenvalue weighted by Gasteiger charge is -2.16. The van der Waals surface area contributed by atoms with Gasteiger partial charge in [-0.2, -0.15) is 0 Å². The smallest absolute Gasteiger partial charge is 0.268 e. The third-order valence-corrected chi connectivity index (χ3v) is 3.69. The van der Waals surface area contributed by atoms with Crippen molar-refractivity contribution in [1.82, 2.24) is 9.88 Å². The average molecular weight is 315 g/mol. The lowest BCUT2D eigenvalue weighted by molar-refractivity contribution is 0.0858. The Kier molecular flexibility index (Phi) is 4.45. The standard InChI is InChI=1S/C13H19BrN2O2/c1-3-5-16-8-10(14)7-12(16)13(17)15-11-4-6-18-9(11)2/h7-9,11H,3-6H2,1-2H3,(H,15,17). The van der Waals surface area contributed by atoms with Gasteiger partial charge in [0.05, 0.1) is 12.1 Å². The Balaban J connectivity index is 2.08. The Labute approximate surface area is 116 Å². The van der Waals surface area contributed by atoms with Crippen LogP contribution in [0.2, 0.25) is 0 Å². The summed E-state index contributed by atoms with van der Waals surface area (Å²) in [6.45, 7) is 5.68. The Hall–Kier alpha value is -0.810. The first-order valence-electron chi connectivity index (χ1n) is 6.40. The van der Waals surface area contributed by atoms with Gasteiger partial charge in [-0.15, -0.1) is 0 Å². The normalized spacial score (nSPS) is 23.3. The van der Waals surface area contributed by atoms with Crippen molar-refractivity contribution in [2.24, 2.45) is 0 Å². The summed E-state index contributed by atoms with van der Waals surface area (Å²) in [4.78, 5) is 12.2. The van der Waals surface area contributed by atoms with Gasteiger partial charge in [0.15, 0.2) is 0 Å². The molecule has 4 nitrogen and oxygen atoms in total. The van der Waals surface area contributed by atoms with Crippen molar-refractivity contribution in [1.29, 1.82) is 0 Å². The largest absolute Gasteiger partial charge is 0.376 e. The summed E-state index contributed by atoms with van der Waals surface area (Å²) in [6.07, 6.45) is 3.95. The van der Waals surface area contributed by atoms with Gasteiger partial charge in [0.1, 0.15) is 5.69 Å². The molecule has 0 aliphatic carbocycles. The topological polar surface area (TPSA) is 43.3 Å². The molecule has 0 saturated carbocycles. The summed E-state index contributed by atoms with van der Waals surface area (Å²) in [5.74, 6) is -0.0171. The number of aryl methyl sites for hydroxylation is 1. The van der Waals surface area contributed by atoms with E-state index in [0.29, 0.717) is 5.69 Å². The molecule has 1 N–H and O–H groups in total. The summed E-state index contributed by atoms with van der Waals surface area (Å²) in [7, 11) is 0. The van der Waals surface area contributed by atoms with Crippen molar-refractivity contribution in [3.63, 3.8) is 0 Å². The zero-order valence-electron chi connectivity index (χ0n) is 10.8. The second kappa shape index (κ2) is 5.89. The van der Waals surface area contributed by atoms with E-state index in [1.807, 2.05) is 23.8 Å². The Bertz CT molecular complexity index is 431. The summed E-state index contributed by atoms with van der Waals surface area (Å²) in [5.41, 5.74) is 0.711. The van der Waals surface area contributed by atoms with Crippen molar-refractivity contribution in [2.75, 3.05) is 6.61 Å². The van der Waals surface area contributed by atoms with E-state index in [-0.39, 0.29) is 18.1 Å². The number of nitrogens with zero attached hydrogens (tertiary/aromatic N) is 1. The second-order valence-corrected chi connectivity index (χ2v) is 5.60. The minimum atomic E-state index is -0.0171. The third kappa shape index (κ3) is 2.95. The van der Waals surface area contributed by atoms with Crippen molar-refractivity contribution in [2.45, 2.75) is 45.4 Å². The summed E-state index contributed by atoms with van der Waals surface area (Å²) < 4.78 is 8.38. The van der Waals surface area contributed by atoms with E-state index in [1.165, 1.54) is 0 Å². The fraction of sp³-hybridized carbons (Fsp3) is 0.615. The maximum absolute atomic E-state index is 12.2. The molecule has 0 aromatic carbocycles. The van der Waals surface area contributed by atoms with E-state index >= 15 is 0 Å². The van der Waals surface area contributed by atoms with Crippen molar-refractivity contribution >= 4 is 21.8 Å². The van der Waals surface area contributed by atoms with Gasteiger partial charge in [0.2, 0.25) is 0 Å². The van der Waals surface area contributed by atoms with E-state index in [9.17, 15) is 4.79 Å². The molecule has 2 unspecified atom stereocenters. The number of amides is 1. The molecule has 1 aliphatic heterocycles. The van der Waals surface area contributed by atoms with Crippen LogP contribution in [0.1, 0.15) is 37.2 Å². The predicted octanol–water partition coefficient (Wildman–Crippen LogP) is 2.57. The lowest BCUT2D eigenvalue weighted by atomic mass is 10.1. The SMILES string of the molecule is CCCn1cc(Br)cc1C(=O)NC1CCOC1C. The molecule has 5 heteroatoms. The number of nitrogens with one attached hydrogen (secondary N) is 1. The van der Waals surface area contributed by atoms with Gasteiger partial charge >= 0.3 is 0 Å². The van der Waals surface area contributed by atoms with Crippen LogP contribution in [-0.4, -0.2) is 29.2 Å². The van der Waals surface area contributed by atoms with Crippen LogP contribution in [0.3, 0.4) is 0 Å². The lowest BCUT2D eigenvalue weighted by Crippen LogP contribution is -2.39. The molecule has 18 heavy (non-hydrogen) atoms. The number of ether oxygens (including phenoxy) is 1. The first-order chi connectivity index (χ1) is 8.61. The van der Waals surface area contributed by atoms with Gasteiger partial charge in [0.25, 0.3) is 5.91 Å². The zero-order chi connectivity index (χ0) is 13.1. The summed E-state index contributed by atoms with van der Waals surface area (Å²) >= 11 is 3.42. The molecule has 100 valence electrons. The molecule has 2 heterocycles. The van der Waals surface area contributed by atoms with Crippen LogP contribution in [0, 0.1) is 0 Å². The number of hydrogen-bond donors (Lipinski definition) is 1. The van der Waals surface area contributed by atoms with E-state index in [2.05, 4.69) is 28.2 Å². The number of rotatable bonds is 4. The van der Waals surface area contributed by atoms with Gasteiger partial charge in [-0.1, -0.05) is 6.92 Å². The molecular weight excluding hydrogens is 296 g/mol. The fourth-order valence-electron chi connectivity index (χ4n) is 2.25. The molecule has 1 saturated heterocycles. The van der Waals surface area contributed by atoms with Crippen LogP contribution < -0.4 is 5.32 Å². The predicted molar refractivity (Wildman–Crippen MR) is 73.7 cm³/mol. The summed E-state index contributed by atoms with van der Waals surface area (Å²) in [6, 6.07) is 1.99. The van der Waals surface area contributed by atoms with Crippen LogP contribution in [0.5, 0.6) is 0 Å². The van der Waals surface area contributed by atoms with Crippen LogP contribution in [0.4, 0.5) is 0 Å². The molecule has 2 rings (SSSR count). The van der Waals surface area contributed by atoms with Crippen molar-refractivity contribution in [3.05, 3.63) is 22.4 Å². The first kappa shape index (κ1) is 13.6. The highest BCUT2D eigenvalue weighted by atomic mass is 79.9. The quantitative estimate of drug-likeness (QED) is 0.928. The molecule has 1 fully saturated rings. The molecule has 1 amide bonds. The molecular formula is C13H19BrN2O2. The summed E-state index contributed by atoms with van der Waals surface area (Å²) in [5, 5.41) is 3.05. The number of halogens is 1. The van der Waals surface area contributed by atoms with E-state index in [0.717, 1.165) is 30.5 Å². The maximum atomic E-state index is 12.2. The van der Waals surface area contributed by atoms with Gasteiger partial charge in [-0.05, 0) is 41.8 Å². The highest BCUT2D eigenvalue weighted by Crippen LogP contribution is 2.17. The number of carbonyl (C=O) groups is 1. The molecule has 0 spiro atoms. The zero-order valence-corrected chi connectivity index (χ0v) is 12.4. The highest BCUT2D eigenvalue weighted by molar-refractivity contribution is 9.10. The minimum absolute atomic E-state index is 0.0171. The fourth-order valence-corrected chi connectivity index (χ4v) is 2.72. The maximum Gasteiger partial charge on any atom is 0.268 e. The first-order valence-corrected chi connectivity index (χ1v) is 7.19. The molecule has 1 aromatic rings. The number of aromatic nitrogens is 1. The third-order valence-electron chi connectivity index (χ3n) is 3.25. The van der Waals surface area contributed by atoms with Gasteiger partial charge in [0, 0.05) is 23.8 Å². The monoisotopic (exact) mass is 314 g/mol. The molecule has 0 bridgehead atoms. The second-order valence-electron chi connectivity index (χ2n) is 4.68.